The molecule has 0 saturated carbocycles. The molecule has 2 aliphatic heterocycles. The maximum Gasteiger partial charge on any atom is 0.0722 e. The number of anilines is 8. The molecule has 0 saturated heterocycles. The van der Waals surface area contributed by atoms with Gasteiger partial charge in [0.2, 0.25) is 0 Å². The Morgan fingerprint density at radius 1 is 0.453 bits per heavy atom. The molecule has 0 radical (unpaired) electrons. The Hall–Kier alpha value is -7.96. The number of aromatic nitrogens is 2. The molecule has 2 unspecified atom stereocenters. The second-order valence-corrected chi connectivity index (χ2v) is 17.4. The van der Waals surface area contributed by atoms with Gasteiger partial charge >= 0.3 is 0 Å². The van der Waals surface area contributed by atoms with Gasteiger partial charge in [-0.1, -0.05) is 109 Å². The number of fused-ring (bicyclic) bond motifs is 8. The number of hydrogen-bond acceptors (Lipinski definition) is 6. The van der Waals surface area contributed by atoms with E-state index in [9.17, 15) is 0 Å². The van der Waals surface area contributed by atoms with Crippen LogP contribution in [0.4, 0.5) is 45.5 Å². The summed E-state index contributed by atoms with van der Waals surface area (Å²) < 4.78 is 0. The average molecular weight is 825 g/mol. The fourth-order valence-corrected chi connectivity index (χ4v) is 11.0. The first-order chi connectivity index (χ1) is 31.6. The van der Waals surface area contributed by atoms with E-state index in [1.807, 2.05) is 0 Å². The molecule has 8 aromatic carbocycles. The number of hydrogen-bond donors (Lipinski definition) is 0. The minimum Gasteiger partial charge on any atom is -0.364 e. The molecule has 3 aliphatic rings. The molecule has 306 valence electrons. The predicted octanol–water partition coefficient (Wildman–Crippen LogP) is 14.6. The molecule has 0 amide bonds. The van der Waals surface area contributed by atoms with E-state index in [-0.39, 0.29) is 12.1 Å². The van der Waals surface area contributed by atoms with E-state index in [2.05, 4.69) is 228 Å². The van der Waals surface area contributed by atoms with Crippen LogP contribution in [-0.4, -0.2) is 36.1 Å². The van der Waals surface area contributed by atoms with Gasteiger partial charge in [-0.25, -0.2) is 9.97 Å². The van der Waals surface area contributed by atoms with Gasteiger partial charge in [0.15, 0.2) is 0 Å². The number of para-hydroxylation sites is 8. The highest BCUT2D eigenvalue weighted by Gasteiger charge is 2.38. The summed E-state index contributed by atoms with van der Waals surface area (Å²) in [5.41, 5.74) is 15.4. The predicted molar refractivity (Wildman–Crippen MR) is 269 cm³/mol. The van der Waals surface area contributed by atoms with E-state index < -0.39 is 0 Å². The third-order valence-corrected chi connectivity index (χ3v) is 14.0. The molecular weight excluding hydrogens is 781 g/mol. The van der Waals surface area contributed by atoms with E-state index >= 15 is 0 Å². The molecule has 6 nitrogen and oxygen atoms in total. The van der Waals surface area contributed by atoms with Crippen LogP contribution >= 0.6 is 0 Å². The Balaban J connectivity index is 1.14. The molecule has 13 rings (SSSR count). The minimum absolute atomic E-state index is 0.262. The molecule has 2 aromatic heterocycles. The maximum atomic E-state index is 5.46. The number of allylic oxidation sites excluding steroid dienone is 1. The van der Waals surface area contributed by atoms with Gasteiger partial charge in [-0.05, 0) is 119 Å². The molecule has 10 aromatic rings. The average Bonchev–Trinajstić information content (AvgIpc) is 3.35. The van der Waals surface area contributed by atoms with Crippen LogP contribution < -0.4 is 19.6 Å². The van der Waals surface area contributed by atoms with Crippen molar-refractivity contribution in [1.29, 1.82) is 0 Å². The van der Waals surface area contributed by atoms with Crippen LogP contribution in [0.1, 0.15) is 12.8 Å². The lowest BCUT2D eigenvalue weighted by atomic mass is 9.86. The maximum absolute atomic E-state index is 5.46. The largest absolute Gasteiger partial charge is 0.364 e. The van der Waals surface area contributed by atoms with Gasteiger partial charge in [0.25, 0.3) is 0 Å². The highest BCUT2D eigenvalue weighted by molar-refractivity contribution is 6.22. The van der Waals surface area contributed by atoms with Crippen LogP contribution in [0.3, 0.4) is 0 Å². The summed E-state index contributed by atoms with van der Waals surface area (Å²) in [6, 6.07) is 66.8. The Kier molecular flexibility index (Phi) is 8.19. The van der Waals surface area contributed by atoms with Gasteiger partial charge in [0.05, 0.1) is 68.6 Å². The van der Waals surface area contributed by atoms with Gasteiger partial charge in [-0.15, -0.1) is 0 Å². The first-order valence-electron chi connectivity index (χ1n) is 22.3. The molecule has 1 aliphatic carbocycles. The van der Waals surface area contributed by atoms with E-state index in [0.717, 1.165) is 107 Å². The molecule has 6 heteroatoms. The van der Waals surface area contributed by atoms with Gasteiger partial charge in [-0.2, -0.15) is 0 Å². The molecule has 2 atom stereocenters. The molecule has 0 fully saturated rings. The molecule has 4 heterocycles. The minimum atomic E-state index is 0.262. The fourth-order valence-electron chi connectivity index (χ4n) is 11.0. The first kappa shape index (κ1) is 36.7. The van der Waals surface area contributed by atoms with E-state index in [0.29, 0.717) is 0 Å². The fraction of sp³-hybridized carbons (Fsp3) is 0.103. The highest BCUT2D eigenvalue weighted by Crippen LogP contribution is 2.53. The second-order valence-electron chi connectivity index (χ2n) is 17.4. The number of benzene rings is 8. The molecule has 0 N–H and O–H groups in total. The van der Waals surface area contributed by atoms with Crippen LogP contribution in [0, 0.1) is 0 Å². The van der Waals surface area contributed by atoms with Crippen LogP contribution in [0.2, 0.25) is 0 Å². The molecule has 64 heavy (non-hydrogen) atoms. The van der Waals surface area contributed by atoms with Gasteiger partial charge < -0.3 is 19.6 Å². The lowest BCUT2D eigenvalue weighted by Crippen LogP contribution is -2.53. The first-order valence-corrected chi connectivity index (χ1v) is 22.3. The van der Waals surface area contributed by atoms with Crippen molar-refractivity contribution in [3.05, 3.63) is 194 Å². The SMILES string of the molecule is CN1c2ccccc2N(c2ccc3c(-c4ccc5ccccc5n4)c4cc(N5c6ccccc6N(C)C6C=CCCC65)ccc4c(-c4ccc5ccccc5n4)c3c2)c2ccccc21. The summed E-state index contributed by atoms with van der Waals surface area (Å²) in [4.78, 5) is 20.7. The lowest BCUT2D eigenvalue weighted by Gasteiger charge is -2.49. The number of nitrogens with zero attached hydrogens (tertiary/aromatic N) is 6. The number of rotatable bonds is 4. The van der Waals surface area contributed by atoms with Crippen molar-refractivity contribution < 1.29 is 0 Å². The molecular formula is C58H44N6. The van der Waals surface area contributed by atoms with Crippen LogP contribution in [-0.2, 0) is 0 Å². The van der Waals surface area contributed by atoms with Gasteiger partial charge in [0, 0.05) is 47.4 Å². The van der Waals surface area contributed by atoms with Crippen molar-refractivity contribution in [3.8, 4) is 22.5 Å². The number of likely N-dealkylation sites (N-methyl/N-ethyl adjacent to an activating group) is 1. The smallest absolute Gasteiger partial charge is 0.0722 e. The zero-order chi connectivity index (χ0) is 42.5. The standard InChI is InChI=1S/C58H44N6/c1-61-49-19-7-11-23-53(49)63(54-24-12-8-20-50(54)61)39-29-31-41-43(35-39)57(47-33-27-37-15-3-5-17-45(37)59-47)42-32-30-40(36-44(42)58(41)48-34-28-38-16-4-6-18-46(38)60-48)64-55-25-13-9-21-51(55)62(2)52-22-10-14-26-56(52)64/h3-13,15-25,27-36,52,56H,14,26H2,1-2H3. The van der Waals surface area contributed by atoms with Crippen molar-refractivity contribution in [1.82, 2.24) is 9.97 Å². The van der Waals surface area contributed by atoms with Crippen LogP contribution in [0.5, 0.6) is 0 Å². The van der Waals surface area contributed by atoms with Crippen molar-refractivity contribution >= 4 is 88.8 Å². The Morgan fingerprint density at radius 3 is 1.56 bits per heavy atom. The van der Waals surface area contributed by atoms with Crippen molar-refractivity contribution in [3.63, 3.8) is 0 Å². The summed E-state index contributed by atoms with van der Waals surface area (Å²) in [5.74, 6) is 0. The van der Waals surface area contributed by atoms with Gasteiger partial charge in [0.1, 0.15) is 0 Å². The highest BCUT2D eigenvalue weighted by atomic mass is 15.3. The normalized spacial score (nSPS) is 16.6. The molecule has 0 spiro atoms. The lowest BCUT2D eigenvalue weighted by molar-refractivity contribution is 0.498. The summed E-state index contributed by atoms with van der Waals surface area (Å²) in [6.45, 7) is 0. The third kappa shape index (κ3) is 5.51. The Bertz CT molecular complexity index is 3510. The van der Waals surface area contributed by atoms with Crippen molar-refractivity contribution in [2.75, 3.05) is 33.7 Å². The van der Waals surface area contributed by atoms with Crippen molar-refractivity contribution in [2.45, 2.75) is 24.9 Å². The molecule has 0 bridgehead atoms. The van der Waals surface area contributed by atoms with E-state index in [1.54, 1.807) is 0 Å². The van der Waals surface area contributed by atoms with E-state index in [4.69, 9.17) is 9.97 Å². The Labute approximate surface area is 372 Å². The second kappa shape index (κ2) is 14.3. The van der Waals surface area contributed by atoms with Gasteiger partial charge in [-0.3, -0.25) is 0 Å². The summed E-state index contributed by atoms with van der Waals surface area (Å²) in [5, 5.41) is 6.80. The summed E-state index contributed by atoms with van der Waals surface area (Å²) >= 11 is 0. The van der Waals surface area contributed by atoms with E-state index in [1.165, 1.54) is 17.1 Å². The number of pyridine rings is 2. The Morgan fingerprint density at radius 2 is 0.953 bits per heavy atom. The summed E-state index contributed by atoms with van der Waals surface area (Å²) in [7, 11) is 4.41. The summed E-state index contributed by atoms with van der Waals surface area (Å²) in [6.07, 6.45) is 6.90. The monoisotopic (exact) mass is 824 g/mol. The zero-order valence-corrected chi connectivity index (χ0v) is 35.7. The van der Waals surface area contributed by atoms with Crippen molar-refractivity contribution in [2.24, 2.45) is 0 Å². The topological polar surface area (TPSA) is 38.7 Å². The zero-order valence-electron chi connectivity index (χ0n) is 35.7. The van der Waals surface area contributed by atoms with Crippen LogP contribution in [0.15, 0.2) is 194 Å². The quantitative estimate of drug-likeness (QED) is 0.130. The van der Waals surface area contributed by atoms with Crippen LogP contribution in [0.25, 0.3) is 65.9 Å². The third-order valence-electron chi connectivity index (χ3n) is 14.0.